The lowest BCUT2D eigenvalue weighted by Crippen LogP contribution is -2.36. The van der Waals surface area contributed by atoms with Crippen LogP contribution in [0.4, 0.5) is 11.4 Å². The first-order valence-corrected chi connectivity index (χ1v) is 11.2. The van der Waals surface area contributed by atoms with Crippen molar-refractivity contribution in [2.75, 3.05) is 29.0 Å². The predicted molar refractivity (Wildman–Crippen MR) is 106 cm³/mol. The molecular formula is C19H20N2O4S2. The molecule has 2 aromatic carbocycles. The highest BCUT2D eigenvalue weighted by Crippen LogP contribution is 2.40. The fraction of sp³-hybridized carbons (Fsp3) is 0.316. The highest BCUT2D eigenvalue weighted by Gasteiger charge is 2.36. The predicted octanol–water partition coefficient (Wildman–Crippen LogP) is 3.34. The summed E-state index contributed by atoms with van der Waals surface area (Å²) in [5, 5.41) is 0. The summed E-state index contributed by atoms with van der Waals surface area (Å²) in [7, 11) is -2.20. The third-order valence-corrected chi connectivity index (χ3v) is 7.06. The molecule has 1 N–H and O–H groups in total. The quantitative estimate of drug-likeness (QED) is 0.827. The Kier molecular flexibility index (Phi) is 4.77. The Morgan fingerprint density at radius 1 is 1.19 bits per heavy atom. The van der Waals surface area contributed by atoms with Crippen LogP contribution in [-0.2, 0) is 14.8 Å². The Labute approximate surface area is 163 Å². The largest absolute Gasteiger partial charge is 0.497 e. The van der Waals surface area contributed by atoms with E-state index in [0.717, 1.165) is 23.5 Å². The van der Waals surface area contributed by atoms with Gasteiger partial charge in [0.2, 0.25) is 5.91 Å². The maximum absolute atomic E-state index is 12.8. The van der Waals surface area contributed by atoms with E-state index in [1.54, 1.807) is 66.2 Å². The van der Waals surface area contributed by atoms with Crippen LogP contribution in [0.3, 0.4) is 0 Å². The van der Waals surface area contributed by atoms with Gasteiger partial charge in [-0.05, 0) is 55.3 Å². The molecule has 1 aliphatic carbocycles. The van der Waals surface area contributed by atoms with Gasteiger partial charge in [0, 0.05) is 28.8 Å². The van der Waals surface area contributed by atoms with Crippen molar-refractivity contribution in [1.29, 1.82) is 0 Å². The molecule has 2 aromatic rings. The molecule has 4 rings (SSSR count). The monoisotopic (exact) mass is 404 g/mol. The van der Waals surface area contributed by atoms with Crippen LogP contribution < -0.4 is 14.4 Å². The van der Waals surface area contributed by atoms with Gasteiger partial charge in [0.25, 0.3) is 10.0 Å². The van der Waals surface area contributed by atoms with E-state index in [1.807, 2.05) is 0 Å². The van der Waals surface area contributed by atoms with Crippen LogP contribution >= 0.6 is 11.8 Å². The molecule has 8 heteroatoms. The van der Waals surface area contributed by atoms with Crippen molar-refractivity contribution < 1.29 is 17.9 Å². The number of carbonyl (C=O) groups is 1. The number of anilines is 2. The summed E-state index contributed by atoms with van der Waals surface area (Å²) in [6.07, 6.45) is 1.85. The van der Waals surface area contributed by atoms with Gasteiger partial charge in [0.05, 0.1) is 17.7 Å². The second kappa shape index (κ2) is 7.09. The highest BCUT2D eigenvalue weighted by molar-refractivity contribution is 7.99. The minimum absolute atomic E-state index is 0.0960. The molecule has 0 saturated heterocycles. The minimum Gasteiger partial charge on any atom is -0.497 e. The van der Waals surface area contributed by atoms with Crippen LogP contribution in [-0.4, -0.2) is 33.7 Å². The van der Waals surface area contributed by atoms with E-state index in [2.05, 4.69) is 4.72 Å². The number of carbonyl (C=O) groups excluding carboxylic acids is 1. The molecule has 0 unspecified atom stereocenters. The van der Waals surface area contributed by atoms with Crippen molar-refractivity contribution in [1.82, 2.24) is 0 Å². The summed E-state index contributed by atoms with van der Waals surface area (Å²) in [5.74, 6) is 1.67. The van der Waals surface area contributed by atoms with Gasteiger partial charge in [0.15, 0.2) is 0 Å². The van der Waals surface area contributed by atoms with Gasteiger partial charge in [-0.3, -0.25) is 9.52 Å². The molecule has 0 bridgehead atoms. The summed E-state index contributed by atoms with van der Waals surface area (Å²) in [6, 6.07) is 11.7. The van der Waals surface area contributed by atoms with Crippen molar-refractivity contribution in [2.24, 2.45) is 5.92 Å². The van der Waals surface area contributed by atoms with Crippen LogP contribution in [0.2, 0.25) is 0 Å². The zero-order valence-corrected chi connectivity index (χ0v) is 16.5. The number of benzene rings is 2. The van der Waals surface area contributed by atoms with Crippen molar-refractivity contribution in [3.63, 3.8) is 0 Å². The Morgan fingerprint density at radius 2 is 1.93 bits per heavy atom. The minimum atomic E-state index is -3.76. The lowest BCUT2D eigenvalue weighted by molar-refractivity contribution is -0.119. The fourth-order valence-corrected chi connectivity index (χ4v) is 5.07. The van der Waals surface area contributed by atoms with Gasteiger partial charge in [0.1, 0.15) is 5.75 Å². The highest BCUT2D eigenvalue weighted by atomic mass is 32.2. The first-order valence-electron chi connectivity index (χ1n) is 8.73. The van der Waals surface area contributed by atoms with Crippen LogP contribution in [0, 0.1) is 5.92 Å². The van der Waals surface area contributed by atoms with E-state index in [1.165, 1.54) is 0 Å². The van der Waals surface area contributed by atoms with Gasteiger partial charge in [-0.15, -0.1) is 11.8 Å². The van der Waals surface area contributed by atoms with Gasteiger partial charge in [-0.25, -0.2) is 8.42 Å². The number of nitrogens with one attached hydrogen (secondary N) is 1. The van der Waals surface area contributed by atoms with Crippen LogP contribution in [0.1, 0.15) is 12.8 Å². The number of hydrogen-bond donors (Lipinski definition) is 1. The molecule has 0 aromatic heterocycles. The number of rotatable bonds is 5. The molecule has 1 heterocycles. The summed E-state index contributed by atoms with van der Waals surface area (Å²) >= 11 is 1.65. The van der Waals surface area contributed by atoms with Crippen LogP contribution in [0.15, 0.2) is 52.3 Å². The van der Waals surface area contributed by atoms with Crippen LogP contribution in [0.5, 0.6) is 5.75 Å². The summed E-state index contributed by atoms with van der Waals surface area (Å²) in [5.41, 5.74) is 1.15. The average molecular weight is 405 g/mol. The molecular weight excluding hydrogens is 384 g/mol. The van der Waals surface area contributed by atoms with E-state index in [4.69, 9.17) is 4.74 Å². The zero-order valence-electron chi connectivity index (χ0n) is 14.8. The first-order chi connectivity index (χ1) is 13.0. The Bertz CT molecular complexity index is 970. The number of amides is 1. The molecule has 1 saturated carbocycles. The Morgan fingerprint density at radius 3 is 2.59 bits per heavy atom. The molecule has 1 fully saturated rings. The average Bonchev–Trinajstić information content (AvgIpc) is 3.52. The SMILES string of the molecule is COc1ccc(NS(=O)(=O)c2ccc3c(c2)N(C(=O)C2CC2)CCS3)cc1. The van der Waals surface area contributed by atoms with E-state index in [9.17, 15) is 13.2 Å². The maximum Gasteiger partial charge on any atom is 0.261 e. The zero-order chi connectivity index (χ0) is 19.0. The van der Waals surface area contributed by atoms with Gasteiger partial charge in [-0.1, -0.05) is 0 Å². The number of ether oxygens (including phenoxy) is 1. The van der Waals surface area contributed by atoms with Crippen molar-refractivity contribution >= 4 is 39.1 Å². The number of fused-ring (bicyclic) bond motifs is 1. The lowest BCUT2D eigenvalue weighted by Gasteiger charge is -2.29. The molecule has 27 heavy (non-hydrogen) atoms. The second-order valence-electron chi connectivity index (χ2n) is 6.58. The smallest absolute Gasteiger partial charge is 0.261 e. The maximum atomic E-state index is 12.8. The number of sulfonamides is 1. The van der Waals surface area contributed by atoms with E-state index in [0.29, 0.717) is 23.7 Å². The molecule has 0 spiro atoms. The third kappa shape index (κ3) is 3.77. The molecule has 6 nitrogen and oxygen atoms in total. The molecule has 0 atom stereocenters. The number of thioether (sulfide) groups is 1. The van der Waals surface area contributed by atoms with E-state index >= 15 is 0 Å². The van der Waals surface area contributed by atoms with Crippen LogP contribution in [0.25, 0.3) is 0 Å². The van der Waals surface area contributed by atoms with Gasteiger partial charge < -0.3 is 9.64 Å². The summed E-state index contributed by atoms with van der Waals surface area (Å²) in [4.78, 5) is 15.4. The topological polar surface area (TPSA) is 75.7 Å². The second-order valence-corrected chi connectivity index (χ2v) is 9.40. The fourth-order valence-electron chi connectivity index (χ4n) is 3.02. The molecule has 2 aliphatic rings. The van der Waals surface area contributed by atoms with Crippen molar-refractivity contribution in [2.45, 2.75) is 22.6 Å². The van der Waals surface area contributed by atoms with Crippen molar-refractivity contribution in [3.05, 3.63) is 42.5 Å². The molecule has 1 amide bonds. The third-order valence-electron chi connectivity index (χ3n) is 4.64. The lowest BCUT2D eigenvalue weighted by atomic mass is 10.2. The number of hydrogen-bond acceptors (Lipinski definition) is 5. The standard InChI is InChI=1S/C19H20N2O4S2/c1-25-15-6-4-14(5-7-15)20-27(23,24)16-8-9-18-17(12-16)21(10-11-26-18)19(22)13-2-3-13/h4-9,12-13,20H,2-3,10-11H2,1H3. The Balaban J connectivity index is 1.62. The first kappa shape index (κ1) is 18.2. The normalized spacial score (nSPS) is 16.6. The van der Waals surface area contributed by atoms with Gasteiger partial charge in [-0.2, -0.15) is 0 Å². The van der Waals surface area contributed by atoms with Crippen molar-refractivity contribution in [3.8, 4) is 5.75 Å². The Hall–Kier alpha value is -2.19. The summed E-state index contributed by atoms with van der Waals surface area (Å²) in [6.45, 7) is 0.614. The van der Waals surface area contributed by atoms with Gasteiger partial charge >= 0.3 is 0 Å². The summed E-state index contributed by atoms with van der Waals surface area (Å²) < 4.78 is 33.3. The molecule has 1 aliphatic heterocycles. The molecule has 142 valence electrons. The molecule has 0 radical (unpaired) electrons. The van der Waals surface area contributed by atoms with E-state index < -0.39 is 10.0 Å². The van der Waals surface area contributed by atoms with E-state index in [-0.39, 0.29) is 16.7 Å². The number of nitrogens with zero attached hydrogens (tertiary/aromatic N) is 1. The number of methoxy groups -OCH3 is 1.